The molecule has 0 bridgehead atoms. The lowest BCUT2D eigenvalue weighted by Crippen LogP contribution is -2.52. The van der Waals surface area contributed by atoms with Gasteiger partial charge in [0.15, 0.2) is 0 Å². The van der Waals surface area contributed by atoms with Gasteiger partial charge in [-0.15, -0.1) is 0 Å². The number of anilines is 2. The number of likely N-dealkylation sites (tertiary alicyclic amines) is 1. The number of nitrogen functional groups attached to an aromatic ring is 1. The third kappa shape index (κ3) is 4.32. The molecule has 3 aliphatic heterocycles. The number of piperidine rings is 2. The Morgan fingerprint density at radius 1 is 1.11 bits per heavy atom. The zero-order valence-corrected chi connectivity index (χ0v) is 15.9. The van der Waals surface area contributed by atoms with E-state index in [1.807, 2.05) is 4.90 Å². The average molecular weight is 374 g/mol. The molecule has 4 rings (SSSR count). The number of carbonyl (C=O) groups excluding carboxylic acids is 1. The Morgan fingerprint density at radius 3 is 2.63 bits per heavy atom. The summed E-state index contributed by atoms with van der Waals surface area (Å²) in [5.41, 5.74) is 5.78. The Morgan fingerprint density at radius 2 is 1.89 bits per heavy atom. The average Bonchev–Trinajstić information content (AvgIpc) is 2.74. The summed E-state index contributed by atoms with van der Waals surface area (Å²) in [6.45, 7) is 6.71. The molecule has 27 heavy (non-hydrogen) atoms. The highest BCUT2D eigenvalue weighted by molar-refractivity contribution is 5.79. The van der Waals surface area contributed by atoms with Crippen LogP contribution in [0, 0.1) is 5.92 Å². The minimum absolute atomic E-state index is 0.145. The van der Waals surface area contributed by atoms with Gasteiger partial charge in [0, 0.05) is 45.0 Å². The highest BCUT2D eigenvalue weighted by atomic mass is 16.5. The number of nitrogens with zero attached hydrogens (tertiary/aromatic N) is 5. The summed E-state index contributed by atoms with van der Waals surface area (Å²) in [7, 11) is 0. The molecular weight excluding hydrogens is 344 g/mol. The van der Waals surface area contributed by atoms with E-state index in [1.165, 1.54) is 0 Å². The molecule has 4 heterocycles. The molecule has 8 heteroatoms. The van der Waals surface area contributed by atoms with Gasteiger partial charge in [0.1, 0.15) is 5.82 Å². The topological polar surface area (TPSA) is 87.8 Å². The van der Waals surface area contributed by atoms with Crippen molar-refractivity contribution >= 4 is 17.7 Å². The van der Waals surface area contributed by atoms with E-state index in [9.17, 15) is 4.79 Å². The Kier molecular flexibility index (Phi) is 5.73. The van der Waals surface area contributed by atoms with Crippen molar-refractivity contribution in [2.24, 2.45) is 5.92 Å². The summed E-state index contributed by atoms with van der Waals surface area (Å²) in [5.74, 6) is 1.72. The third-order valence-corrected chi connectivity index (χ3v) is 6.05. The van der Waals surface area contributed by atoms with E-state index in [0.29, 0.717) is 31.0 Å². The lowest BCUT2D eigenvalue weighted by molar-refractivity contribution is -0.141. The number of hydrogen-bond acceptors (Lipinski definition) is 7. The molecule has 3 aliphatic rings. The van der Waals surface area contributed by atoms with E-state index in [1.54, 1.807) is 12.3 Å². The zero-order valence-electron chi connectivity index (χ0n) is 15.9. The number of aromatic nitrogens is 2. The molecule has 3 fully saturated rings. The Hall–Kier alpha value is -1.93. The summed E-state index contributed by atoms with van der Waals surface area (Å²) in [5, 5.41) is 0. The van der Waals surface area contributed by atoms with Crippen LogP contribution in [-0.2, 0) is 9.53 Å². The zero-order chi connectivity index (χ0) is 18.6. The first-order chi connectivity index (χ1) is 13.2. The van der Waals surface area contributed by atoms with E-state index in [0.717, 1.165) is 70.9 Å². The molecule has 3 saturated heterocycles. The van der Waals surface area contributed by atoms with Crippen LogP contribution < -0.4 is 10.6 Å². The number of rotatable bonds is 3. The number of ether oxygens (including phenoxy) is 1. The summed E-state index contributed by atoms with van der Waals surface area (Å²) in [4.78, 5) is 28.3. The van der Waals surface area contributed by atoms with Gasteiger partial charge in [0.05, 0.1) is 19.1 Å². The fraction of sp³-hybridized carbons (Fsp3) is 0.737. The standard InChI is InChI=1S/C19H30N6O2/c20-17-3-6-21-19(22-17)24-8-4-16(5-9-24)25-7-1-2-15(14-25)18(26)23-10-12-27-13-11-23/h3,6,15-16H,1-2,4-5,7-14H2,(H2,20,21,22)/t15-/m0/s1. The Labute approximate surface area is 160 Å². The van der Waals surface area contributed by atoms with Crippen LogP contribution in [0.1, 0.15) is 25.7 Å². The maximum absolute atomic E-state index is 12.9. The second kappa shape index (κ2) is 8.39. The summed E-state index contributed by atoms with van der Waals surface area (Å²) >= 11 is 0. The van der Waals surface area contributed by atoms with Gasteiger partial charge >= 0.3 is 0 Å². The van der Waals surface area contributed by atoms with Crippen LogP contribution in [0.15, 0.2) is 12.3 Å². The quantitative estimate of drug-likeness (QED) is 0.829. The van der Waals surface area contributed by atoms with Gasteiger partial charge in [-0.2, -0.15) is 4.98 Å². The van der Waals surface area contributed by atoms with E-state index >= 15 is 0 Å². The first-order valence-electron chi connectivity index (χ1n) is 10.1. The highest BCUT2D eigenvalue weighted by Crippen LogP contribution is 2.26. The third-order valence-electron chi connectivity index (χ3n) is 6.05. The van der Waals surface area contributed by atoms with Crippen LogP contribution in [0.3, 0.4) is 0 Å². The minimum Gasteiger partial charge on any atom is -0.384 e. The number of morpholine rings is 1. The SMILES string of the molecule is Nc1ccnc(N2CCC(N3CCC[C@H](C(=O)N4CCOCC4)C3)CC2)n1. The molecule has 1 aromatic rings. The van der Waals surface area contributed by atoms with Crippen molar-refractivity contribution < 1.29 is 9.53 Å². The maximum Gasteiger partial charge on any atom is 0.227 e. The van der Waals surface area contributed by atoms with Crippen LogP contribution >= 0.6 is 0 Å². The molecule has 0 aromatic carbocycles. The van der Waals surface area contributed by atoms with Crippen molar-refractivity contribution in [3.8, 4) is 0 Å². The minimum atomic E-state index is 0.145. The van der Waals surface area contributed by atoms with Crippen molar-refractivity contribution in [3.05, 3.63) is 12.3 Å². The maximum atomic E-state index is 12.9. The molecular formula is C19H30N6O2. The van der Waals surface area contributed by atoms with Gasteiger partial charge in [-0.25, -0.2) is 4.98 Å². The second-order valence-corrected chi connectivity index (χ2v) is 7.77. The van der Waals surface area contributed by atoms with Gasteiger partial charge in [0.2, 0.25) is 11.9 Å². The molecule has 1 atom stereocenters. The molecule has 0 spiro atoms. The normalized spacial score (nSPS) is 25.6. The van der Waals surface area contributed by atoms with Gasteiger partial charge in [0.25, 0.3) is 0 Å². The molecule has 0 radical (unpaired) electrons. The molecule has 1 amide bonds. The van der Waals surface area contributed by atoms with Crippen molar-refractivity contribution in [3.63, 3.8) is 0 Å². The first kappa shape index (κ1) is 18.4. The Balaban J connectivity index is 1.31. The fourth-order valence-corrected chi connectivity index (χ4v) is 4.53. The van der Waals surface area contributed by atoms with Crippen molar-refractivity contribution in [2.75, 3.05) is 63.1 Å². The van der Waals surface area contributed by atoms with Crippen LogP contribution in [0.2, 0.25) is 0 Å². The van der Waals surface area contributed by atoms with E-state index in [-0.39, 0.29) is 5.92 Å². The summed E-state index contributed by atoms with van der Waals surface area (Å²) < 4.78 is 5.38. The number of amides is 1. The molecule has 0 saturated carbocycles. The number of nitrogens with two attached hydrogens (primary N) is 1. The molecule has 2 N–H and O–H groups in total. The summed E-state index contributed by atoms with van der Waals surface area (Å²) in [6.07, 6.45) is 6.01. The van der Waals surface area contributed by atoms with Crippen LogP contribution in [0.25, 0.3) is 0 Å². The fourth-order valence-electron chi connectivity index (χ4n) is 4.53. The van der Waals surface area contributed by atoms with Crippen LogP contribution in [-0.4, -0.2) is 84.2 Å². The van der Waals surface area contributed by atoms with Gasteiger partial charge in [-0.1, -0.05) is 0 Å². The van der Waals surface area contributed by atoms with Crippen LogP contribution in [0.4, 0.5) is 11.8 Å². The first-order valence-corrected chi connectivity index (χ1v) is 10.1. The second-order valence-electron chi connectivity index (χ2n) is 7.77. The Bertz CT molecular complexity index is 643. The molecule has 1 aromatic heterocycles. The van der Waals surface area contributed by atoms with Gasteiger partial charge in [-0.3, -0.25) is 9.69 Å². The van der Waals surface area contributed by atoms with Crippen molar-refractivity contribution in [2.45, 2.75) is 31.7 Å². The summed E-state index contributed by atoms with van der Waals surface area (Å²) in [6, 6.07) is 2.26. The smallest absolute Gasteiger partial charge is 0.227 e. The number of hydrogen-bond donors (Lipinski definition) is 1. The van der Waals surface area contributed by atoms with Crippen molar-refractivity contribution in [1.82, 2.24) is 19.8 Å². The van der Waals surface area contributed by atoms with Crippen molar-refractivity contribution in [1.29, 1.82) is 0 Å². The molecule has 148 valence electrons. The molecule has 0 aliphatic carbocycles. The monoisotopic (exact) mass is 374 g/mol. The predicted octanol–water partition coefficient (Wildman–Crippen LogP) is 0.598. The lowest BCUT2D eigenvalue weighted by atomic mass is 9.92. The van der Waals surface area contributed by atoms with E-state index in [4.69, 9.17) is 10.5 Å². The highest BCUT2D eigenvalue weighted by Gasteiger charge is 2.34. The van der Waals surface area contributed by atoms with Gasteiger partial charge in [-0.05, 0) is 38.3 Å². The number of carbonyl (C=O) groups is 1. The predicted molar refractivity (Wildman–Crippen MR) is 103 cm³/mol. The largest absolute Gasteiger partial charge is 0.384 e. The van der Waals surface area contributed by atoms with E-state index in [2.05, 4.69) is 19.8 Å². The lowest BCUT2D eigenvalue weighted by Gasteiger charge is -2.43. The molecule has 0 unspecified atom stereocenters. The molecule has 8 nitrogen and oxygen atoms in total. The van der Waals surface area contributed by atoms with Gasteiger partial charge < -0.3 is 20.3 Å². The van der Waals surface area contributed by atoms with E-state index < -0.39 is 0 Å². The van der Waals surface area contributed by atoms with Crippen LogP contribution in [0.5, 0.6) is 0 Å².